The van der Waals surface area contributed by atoms with E-state index in [1.165, 1.54) is 5.56 Å². The van der Waals surface area contributed by atoms with Crippen LogP contribution in [0.2, 0.25) is 0 Å². The van der Waals surface area contributed by atoms with Crippen molar-refractivity contribution in [3.63, 3.8) is 0 Å². The van der Waals surface area contributed by atoms with Crippen LogP contribution in [0.1, 0.15) is 21.6 Å². The van der Waals surface area contributed by atoms with Crippen LogP contribution < -0.4 is 5.32 Å². The van der Waals surface area contributed by atoms with E-state index in [0.717, 1.165) is 17.7 Å². The molecule has 0 unspecified atom stereocenters. The molecule has 0 atom stereocenters. The van der Waals surface area contributed by atoms with Crippen LogP contribution in [0.15, 0.2) is 66.9 Å². The van der Waals surface area contributed by atoms with Gasteiger partial charge in [0.1, 0.15) is 5.69 Å². The van der Waals surface area contributed by atoms with Crippen LogP contribution in [0.5, 0.6) is 0 Å². The number of anilines is 1. The SMILES string of the molecule is Cn1nccc1C(=O)Nc1ccccc1Cc1ccccc1. The molecule has 0 fully saturated rings. The fourth-order valence-corrected chi connectivity index (χ4v) is 2.40. The van der Waals surface area contributed by atoms with E-state index < -0.39 is 0 Å². The van der Waals surface area contributed by atoms with Crippen LogP contribution in [0, 0.1) is 0 Å². The Morgan fingerprint density at radius 3 is 2.50 bits per heavy atom. The van der Waals surface area contributed by atoms with Gasteiger partial charge in [0.2, 0.25) is 0 Å². The van der Waals surface area contributed by atoms with Gasteiger partial charge in [-0.25, -0.2) is 0 Å². The van der Waals surface area contributed by atoms with Crippen molar-refractivity contribution in [2.75, 3.05) is 5.32 Å². The lowest BCUT2D eigenvalue weighted by Gasteiger charge is -2.11. The number of amides is 1. The summed E-state index contributed by atoms with van der Waals surface area (Å²) in [5.74, 6) is -0.152. The van der Waals surface area contributed by atoms with Gasteiger partial charge in [-0.2, -0.15) is 5.10 Å². The zero-order valence-electron chi connectivity index (χ0n) is 12.4. The van der Waals surface area contributed by atoms with E-state index in [-0.39, 0.29) is 5.91 Å². The molecule has 4 heteroatoms. The number of carbonyl (C=O) groups excluding carboxylic acids is 1. The minimum atomic E-state index is -0.152. The second-order valence-corrected chi connectivity index (χ2v) is 5.11. The zero-order chi connectivity index (χ0) is 15.4. The molecule has 0 saturated heterocycles. The van der Waals surface area contributed by atoms with Crippen LogP contribution >= 0.6 is 0 Å². The van der Waals surface area contributed by atoms with Crippen molar-refractivity contribution in [3.8, 4) is 0 Å². The molecule has 0 aliphatic carbocycles. The van der Waals surface area contributed by atoms with Crippen molar-refractivity contribution in [1.82, 2.24) is 9.78 Å². The summed E-state index contributed by atoms with van der Waals surface area (Å²) in [4.78, 5) is 12.3. The minimum absolute atomic E-state index is 0.152. The quantitative estimate of drug-likeness (QED) is 0.802. The lowest BCUT2D eigenvalue weighted by Crippen LogP contribution is -2.17. The Hall–Kier alpha value is -2.88. The molecule has 110 valence electrons. The largest absolute Gasteiger partial charge is 0.320 e. The van der Waals surface area contributed by atoms with Gasteiger partial charge in [-0.05, 0) is 29.7 Å². The van der Waals surface area contributed by atoms with Crippen molar-refractivity contribution in [1.29, 1.82) is 0 Å². The molecule has 1 N–H and O–H groups in total. The van der Waals surface area contributed by atoms with Crippen LogP contribution in [0.25, 0.3) is 0 Å². The van der Waals surface area contributed by atoms with Crippen molar-refractivity contribution in [2.24, 2.45) is 7.05 Å². The highest BCUT2D eigenvalue weighted by atomic mass is 16.2. The summed E-state index contributed by atoms with van der Waals surface area (Å²) in [5, 5.41) is 7.00. The third kappa shape index (κ3) is 3.06. The maximum atomic E-state index is 12.3. The predicted octanol–water partition coefficient (Wildman–Crippen LogP) is 3.26. The smallest absolute Gasteiger partial charge is 0.273 e. The standard InChI is InChI=1S/C18H17N3O/c1-21-17(11-12-19-21)18(22)20-16-10-6-5-9-15(16)13-14-7-3-2-4-8-14/h2-12H,13H2,1H3,(H,20,22). The number of nitrogens with one attached hydrogen (secondary N) is 1. The van der Waals surface area contributed by atoms with E-state index in [1.807, 2.05) is 42.5 Å². The summed E-state index contributed by atoms with van der Waals surface area (Å²) in [6, 6.07) is 19.8. The Labute approximate surface area is 129 Å². The molecule has 0 radical (unpaired) electrons. The van der Waals surface area contributed by atoms with E-state index >= 15 is 0 Å². The molecule has 1 aromatic heterocycles. The van der Waals surface area contributed by atoms with Crippen LogP contribution in [-0.4, -0.2) is 15.7 Å². The molecule has 4 nitrogen and oxygen atoms in total. The van der Waals surface area contributed by atoms with Crippen LogP contribution in [0.4, 0.5) is 5.69 Å². The van der Waals surface area contributed by atoms with Gasteiger partial charge >= 0.3 is 0 Å². The van der Waals surface area contributed by atoms with Crippen LogP contribution in [-0.2, 0) is 13.5 Å². The van der Waals surface area contributed by atoms with Crippen molar-refractivity contribution in [3.05, 3.63) is 83.7 Å². The van der Waals surface area contributed by atoms with E-state index in [9.17, 15) is 4.79 Å². The van der Waals surface area contributed by atoms with Crippen molar-refractivity contribution in [2.45, 2.75) is 6.42 Å². The van der Waals surface area contributed by atoms with E-state index in [1.54, 1.807) is 24.0 Å². The zero-order valence-corrected chi connectivity index (χ0v) is 12.4. The number of hydrogen-bond acceptors (Lipinski definition) is 2. The maximum absolute atomic E-state index is 12.3. The normalized spacial score (nSPS) is 10.4. The summed E-state index contributed by atoms with van der Waals surface area (Å²) in [7, 11) is 1.75. The number of nitrogens with zero attached hydrogens (tertiary/aromatic N) is 2. The first kappa shape index (κ1) is 14.1. The number of aryl methyl sites for hydroxylation is 1. The second kappa shape index (κ2) is 6.26. The maximum Gasteiger partial charge on any atom is 0.273 e. The minimum Gasteiger partial charge on any atom is -0.320 e. The average Bonchev–Trinajstić information content (AvgIpc) is 2.96. The Balaban J connectivity index is 1.83. The number of aromatic nitrogens is 2. The summed E-state index contributed by atoms with van der Waals surface area (Å²) in [6.07, 6.45) is 2.40. The van der Waals surface area contributed by atoms with E-state index in [0.29, 0.717) is 5.69 Å². The Bertz CT molecular complexity index is 778. The highest BCUT2D eigenvalue weighted by Gasteiger charge is 2.12. The molecule has 0 aliphatic heterocycles. The van der Waals surface area contributed by atoms with Gasteiger partial charge in [0, 0.05) is 18.9 Å². The number of benzene rings is 2. The molecule has 0 aliphatic rings. The van der Waals surface area contributed by atoms with Gasteiger partial charge in [0.25, 0.3) is 5.91 Å². The van der Waals surface area contributed by atoms with Gasteiger partial charge in [-0.15, -0.1) is 0 Å². The first-order valence-corrected chi connectivity index (χ1v) is 7.15. The lowest BCUT2D eigenvalue weighted by molar-refractivity contribution is 0.101. The predicted molar refractivity (Wildman–Crippen MR) is 86.9 cm³/mol. The second-order valence-electron chi connectivity index (χ2n) is 5.11. The Kier molecular flexibility index (Phi) is 4.01. The first-order valence-electron chi connectivity index (χ1n) is 7.15. The number of para-hydroxylation sites is 1. The van der Waals surface area contributed by atoms with Gasteiger partial charge < -0.3 is 5.32 Å². The molecule has 3 aromatic rings. The van der Waals surface area contributed by atoms with Crippen molar-refractivity contribution >= 4 is 11.6 Å². The molecule has 0 bridgehead atoms. The highest BCUT2D eigenvalue weighted by molar-refractivity contribution is 6.03. The monoisotopic (exact) mass is 291 g/mol. The third-order valence-electron chi connectivity index (χ3n) is 3.56. The van der Waals surface area contributed by atoms with Gasteiger partial charge in [-0.3, -0.25) is 9.48 Å². The average molecular weight is 291 g/mol. The molecule has 22 heavy (non-hydrogen) atoms. The summed E-state index contributed by atoms with van der Waals surface area (Å²) in [6.45, 7) is 0. The van der Waals surface area contributed by atoms with Crippen LogP contribution in [0.3, 0.4) is 0 Å². The van der Waals surface area contributed by atoms with Gasteiger partial charge in [-0.1, -0.05) is 48.5 Å². The summed E-state index contributed by atoms with van der Waals surface area (Å²) < 4.78 is 1.56. The van der Waals surface area contributed by atoms with E-state index in [2.05, 4.69) is 22.5 Å². The number of carbonyl (C=O) groups is 1. The molecule has 0 spiro atoms. The Morgan fingerprint density at radius 1 is 1.05 bits per heavy atom. The summed E-state index contributed by atoms with van der Waals surface area (Å²) in [5.41, 5.74) is 3.67. The first-order chi connectivity index (χ1) is 10.7. The number of rotatable bonds is 4. The third-order valence-corrected chi connectivity index (χ3v) is 3.56. The molecule has 3 rings (SSSR count). The topological polar surface area (TPSA) is 46.9 Å². The Morgan fingerprint density at radius 2 is 1.77 bits per heavy atom. The fourth-order valence-electron chi connectivity index (χ4n) is 2.40. The van der Waals surface area contributed by atoms with E-state index in [4.69, 9.17) is 0 Å². The molecular weight excluding hydrogens is 274 g/mol. The summed E-state index contributed by atoms with van der Waals surface area (Å²) >= 11 is 0. The molecule has 0 saturated carbocycles. The number of hydrogen-bond donors (Lipinski definition) is 1. The van der Waals surface area contributed by atoms with Gasteiger partial charge in [0.15, 0.2) is 0 Å². The highest BCUT2D eigenvalue weighted by Crippen LogP contribution is 2.19. The lowest BCUT2D eigenvalue weighted by atomic mass is 10.0. The molecule has 2 aromatic carbocycles. The molecule has 1 heterocycles. The molecule has 1 amide bonds. The van der Waals surface area contributed by atoms with Crippen molar-refractivity contribution < 1.29 is 4.79 Å². The fraction of sp³-hybridized carbons (Fsp3) is 0.111. The van der Waals surface area contributed by atoms with Gasteiger partial charge in [0.05, 0.1) is 0 Å². The molecular formula is C18H17N3O.